The molecule has 0 radical (unpaired) electrons. The first kappa shape index (κ1) is 20.9. The van der Waals surface area contributed by atoms with Gasteiger partial charge in [-0.2, -0.15) is 0 Å². The summed E-state index contributed by atoms with van der Waals surface area (Å²) in [5.41, 5.74) is 0.500. The van der Waals surface area contributed by atoms with Gasteiger partial charge in [0.05, 0.1) is 12.9 Å². The summed E-state index contributed by atoms with van der Waals surface area (Å²) in [6, 6.07) is 4.29. The SMILES string of the molecule is COC(=O)CSCCC(=O)N1CCCC1C(=O)Nc1cc(Cl)cc(Cl)c1. The maximum Gasteiger partial charge on any atom is 0.315 e. The van der Waals surface area contributed by atoms with Crippen LogP contribution in [-0.2, 0) is 19.1 Å². The number of rotatable bonds is 7. The Balaban J connectivity index is 1.88. The minimum absolute atomic E-state index is 0.0934. The summed E-state index contributed by atoms with van der Waals surface area (Å²) in [5, 5.41) is 3.62. The summed E-state index contributed by atoms with van der Waals surface area (Å²) in [6.45, 7) is 0.550. The van der Waals surface area contributed by atoms with Crippen molar-refractivity contribution in [1.82, 2.24) is 4.90 Å². The zero-order valence-corrected chi connectivity index (χ0v) is 16.6. The minimum atomic E-state index is -0.508. The van der Waals surface area contributed by atoms with Crippen molar-refractivity contribution in [3.63, 3.8) is 0 Å². The summed E-state index contributed by atoms with van der Waals surface area (Å²) in [7, 11) is 1.33. The highest BCUT2D eigenvalue weighted by molar-refractivity contribution is 7.99. The van der Waals surface area contributed by atoms with E-state index < -0.39 is 6.04 Å². The lowest BCUT2D eigenvalue weighted by atomic mass is 10.2. The number of hydrogen-bond donors (Lipinski definition) is 1. The number of amides is 2. The normalized spacial score (nSPS) is 16.4. The third kappa shape index (κ3) is 6.07. The van der Waals surface area contributed by atoms with Gasteiger partial charge in [-0.1, -0.05) is 23.2 Å². The molecular weight excluding hydrogens is 399 g/mol. The Hall–Kier alpha value is -1.44. The Kier molecular flexibility index (Phi) is 8.06. The van der Waals surface area contributed by atoms with Crippen molar-refractivity contribution in [2.24, 2.45) is 0 Å². The zero-order valence-electron chi connectivity index (χ0n) is 14.3. The number of anilines is 1. The van der Waals surface area contributed by atoms with E-state index in [-0.39, 0.29) is 30.0 Å². The second kappa shape index (κ2) is 10.0. The maximum atomic E-state index is 12.6. The Morgan fingerprint density at radius 2 is 1.96 bits per heavy atom. The average Bonchev–Trinajstić information content (AvgIpc) is 3.07. The van der Waals surface area contributed by atoms with Crippen molar-refractivity contribution in [2.75, 3.05) is 30.5 Å². The number of hydrogen-bond acceptors (Lipinski definition) is 5. The van der Waals surface area contributed by atoms with Crippen molar-refractivity contribution in [2.45, 2.75) is 25.3 Å². The van der Waals surface area contributed by atoms with Gasteiger partial charge in [0.25, 0.3) is 0 Å². The summed E-state index contributed by atoms with van der Waals surface area (Å²) in [4.78, 5) is 37.6. The van der Waals surface area contributed by atoms with Crippen molar-refractivity contribution < 1.29 is 19.1 Å². The molecule has 2 amide bonds. The van der Waals surface area contributed by atoms with Gasteiger partial charge in [-0.3, -0.25) is 14.4 Å². The third-order valence-electron chi connectivity index (χ3n) is 3.91. The standard InChI is InChI=1S/C17H20Cl2N2O4S/c1-25-16(23)10-26-6-4-15(22)21-5-2-3-14(21)17(24)20-13-8-11(18)7-12(19)9-13/h7-9,14H,2-6,10H2,1H3,(H,20,24). The van der Waals surface area contributed by atoms with E-state index in [1.54, 1.807) is 23.1 Å². The molecule has 1 fully saturated rings. The molecule has 1 aliphatic rings. The Morgan fingerprint density at radius 1 is 1.27 bits per heavy atom. The topological polar surface area (TPSA) is 75.7 Å². The molecule has 1 aromatic carbocycles. The van der Waals surface area contributed by atoms with Crippen molar-refractivity contribution in [1.29, 1.82) is 0 Å². The fraction of sp³-hybridized carbons (Fsp3) is 0.471. The van der Waals surface area contributed by atoms with E-state index in [9.17, 15) is 14.4 Å². The number of esters is 1. The number of methoxy groups -OCH3 is 1. The molecule has 6 nitrogen and oxygen atoms in total. The monoisotopic (exact) mass is 418 g/mol. The summed E-state index contributed by atoms with van der Waals surface area (Å²) in [6.07, 6.45) is 1.66. The number of benzene rings is 1. The van der Waals surface area contributed by atoms with Gasteiger partial charge >= 0.3 is 5.97 Å². The number of nitrogens with zero attached hydrogens (tertiary/aromatic N) is 1. The molecule has 9 heteroatoms. The fourth-order valence-electron chi connectivity index (χ4n) is 2.71. The quantitative estimate of drug-likeness (QED) is 0.543. The molecule has 2 rings (SSSR count). The minimum Gasteiger partial charge on any atom is -0.468 e. The first-order chi connectivity index (χ1) is 12.4. The van der Waals surface area contributed by atoms with Gasteiger partial charge in [0.2, 0.25) is 11.8 Å². The van der Waals surface area contributed by atoms with Crippen LogP contribution in [0.5, 0.6) is 0 Å². The number of thioether (sulfide) groups is 1. The van der Waals surface area contributed by atoms with Crippen LogP contribution in [0.3, 0.4) is 0 Å². The summed E-state index contributed by atoms with van der Waals surface area (Å²) < 4.78 is 4.55. The molecule has 26 heavy (non-hydrogen) atoms. The lowest BCUT2D eigenvalue weighted by Crippen LogP contribution is -2.43. The fourth-order valence-corrected chi connectivity index (χ4v) is 3.98. The molecule has 1 N–H and O–H groups in total. The molecule has 1 aliphatic heterocycles. The van der Waals surface area contributed by atoms with E-state index in [1.165, 1.54) is 18.9 Å². The third-order valence-corrected chi connectivity index (χ3v) is 5.28. The van der Waals surface area contributed by atoms with Crippen LogP contribution in [0.2, 0.25) is 10.0 Å². The number of carbonyl (C=O) groups excluding carboxylic acids is 3. The Bertz CT molecular complexity index is 666. The zero-order chi connectivity index (χ0) is 19.1. The molecule has 1 unspecified atom stereocenters. The number of likely N-dealkylation sites (tertiary alicyclic amines) is 1. The highest BCUT2D eigenvalue weighted by Crippen LogP contribution is 2.25. The second-order valence-electron chi connectivity index (χ2n) is 5.77. The first-order valence-electron chi connectivity index (χ1n) is 8.11. The predicted octanol–water partition coefficient (Wildman–Crippen LogP) is 3.22. The lowest BCUT2D eigenvalue weighted by Gasteiger charge is -2.24. The molecule has 1 heterocycles. The van der Waals surface area contributed by atoms with Crippen LogP contribution in [-0.4, -0.2) is 53.9 Å². The van der Waals surface area contributed by atoms with E-state index >= 15 is 0 Å². The number of nitrogens with one attached hydrogen (secondary N) is 1. The van der Waals surface area contributed by atoms with Crippen LogP contribution >= 0.6 is 35.0 Å². The van der Waals surface area contributed by atoms with Crippen LogP contribution < -0.4 is 5.32 Å². The molecule has 0 saturated carbocycles. The molecule has 142 valence electrons. The average molecular weight is 419 g/mol. The Morgan fingerprint density at radius 3 is 2.62 bits per heavy atom. The van der Waals surface area contributed by atoms with Crippen molar-refractivity contribution >= 4 is 58.4 Å². The molecule has 0 spiro atoms. The second-order valence-corrected chi connectivity index (χ2v) is 7.75. The van der Waals surface area contributed by atoms with Crippen molar-refractivity contribution in [3.8, 4) is 0 Å². The number of carbonyl (C=O) groups is 3. The highest BCUT2D eigenvalue weighted by atomic mass is 35.5. The van der Waals surface area contributed by atoms with Gasteiger partial charge in [0.1, 0.15) is 6.04 Å². The van der Waals surface area contributed by atoms with E-state index in [4.69, 9.17) is 23.2 Å². The van der Waals surface area contributed by atoms with Crippen LogP contribution in [0, 0.1) is 0 Å². The highest BCUT2D eigenvalue weighted by Gasteiger charge is 2.33. The molecule has 0 bridgehead atoms. The van der Waals surface area contributed by atoms with Crippen LogP contribution in [0.15, 0.2) is 18.2 Å². The smallest absolute Gasteiger partial charge is 0.315 e. The first-order valence-corrected chi connectivity index (χ1v) is 10.0. The molecule has 1 aromatic rings. The van der Waals surface area contributed by atoms with Gasteiger partial charge in [0, 0.05) is 34.5 Å². The van der Waals surface area contributed by atoms with Gasteiger partial charge < -0.3 is 15.0 Å². The van der Waals surface area contributed by atoms with Gasteiger partial charge in [-0.15, -0.1) is 11.8 Å². The summed E-state index contributed by atoms with van der Waals surface area (Å²) in [5.74, 6) is 0.0490. The molecule has 1 saturated heterocycles. The van der Waals surface area contributed by atoms with E-state index in [0.717, 1.165) is 6.42 Å². The van der Waals surface area contributed by atoms with Crippen LogP contribution in [0.4, 0.5) is 5.69 Å². The van der Waals surface area contributed by atoms with Gasteiger partial charge in [-0.25, -0.2) is 0 Å². The van der Waals surface area contributed by atoms with Crippen LogP contribution in [0.25, 0.3) is 0 Å². The van der Waals surface area contributed by atoms with E-state index in [0.29, 0.717) is 34.5 Å². The van der Waals surface area contributed by atoms with E-state index in [1.807, 2.05) is 0 Å². The van der Waals surface area contributed by atoms with Crippen LogP contribution in [0.1, 0.15) is 19.3 Å². The van der Waals surface area contributed by atoms with Gasteiger partial charge in [-0.05, 0) is 31.0 Å². The maximum absolute atomic E-state index is 12.6. The number of halogens is 2. The van der Waals surface area contributed by atoms with E-state index in [2.05, 4.69) is 10.1 Å². The molecule has 1 atom stereocenters. The lowest BCUT2D eigenvalue weighted by molar-refractivity contribution is -0.137. The van der Waals surface area contributed by atoms with Gasteiger partial charge in [0.15, 0.2) is 0 Å². The largest absolute Gasteiger partial charge is 0.468 e. The predicted molar refractivity (Wildman–Crippen MR) is 104 cm³/mol. The number of ether oxygens (including phenoxy) is 1. The molecule has 0 aromatic heterocycles. The molecular formula is C17H20Cl2N2O4S. The van der Waals surface area contributed by atoms with Crippen molar-refractivity contribution in [3.05, 3.63) is 28.2 Å². The molecule has 0 aliphatic carbocycles. The Labute approximate surface area is 166 Å². The summed E-state index contributed by atoms with van der Waals surface area (Å²) >= 11 is 13.2.